The average Bonchev–Trinajstić information content (AvgIpc) is 2.65. The molecular formula is C24H50OSi. The van der Waals surface area contributed by atoms with E-state index >= 15 is 0 Å². The molecule has 0 saturated heterocycles. The van der Waals surface area contributed by atoms with Crippen LogP contribution in [0, 0.1) is 0 Å². The van der Waals surface area contributed by atoms with E-state index in [1.165, 1.54) is 122 Å². The first kappa shape index (κ1) is 24.2. The van der Waals surface area contributed by atoms with Crippen LogP contribution in [-0.2, 0) is 4.43 Å². The van der Waals surface area contributed by atoms with Crippen molar-refractivity contribution in [1.82, 2.24) is 0 Å². The summed E-state index contributed by atoms with van der Waals surface area (Å²) in [6.45, 7) is 8.26. The van der Waals surface area contributed by atoms with E-state index in [0.717, 1.165) is 12.1 Å². The molecule has 0 spiro atoms. The van der Waals surface area contributed by atoms with Crippen LogP contribution in [0.2, 0.25) is 18.6 Å². The minimum Gasteiger partial charge on any atom is -0.417 e. The minimum absolute atomic E-state index is 0.933. The minimum atomic E-state index is -1.41. The SMILES string of the molecule is CCCCCCCCCCCCCCCCO[Si](C)(C)C1CCCCC1. The van der Waals surface area contributed by atoms with E-state index in [1.54, 1.807) is 0 Å². The van der Waals surface area contributed by atoms with E-state index in [-0.39, 0.29) is 0 Å². The number of hydrogen-bond acceptors (Lipinski definition) is 1. The molecule has 0 N–H and O–H groups in total. The summed E-state index contributed by atoms with van der Waals surface area (Å²) in [7, 11) is -1.41. The molecule has 0 aromatic heterocycles. The summed E-state index contributed by atoms with van der Waals surface area (Å²) in [4.78, 5) is 0. The lowest BCUT2D eigenvalue weighted by molar-refractivity contribution is 0.277. The van der Waals surface area contributed by atoms with Gasteiger partial charge < -0.3 is 4.43 Å². The van der Waals surface area contributed by atoms with Crippen molar-refractivity contribution in [3.63, 3.8) is 0 Å². The summed E-state index contributed by atoms with van der Waals surface area (Å²) in [5.41, 5.74) is 0.933. The topological polar surface area (TPSA) is 9.23 Å². The largest absolute Gasteiger partial charge is 0.417 e. The van der Waals surface area contributed by atoms with Gasteiger partial charge in [0.15, 0.2) is 8.32 Å². The molecule has 26 heavy (non-hydrogen) atoms. The van der Waals surface area contributed by atoms with Crippen LogP contribution in [0.5, 0.6) is 0 Å². The van der Waals surface area contributed by atoms with Crippen LogP contribution < -0.4 is 0 Å². The van der Waals surface area contributed by atoms with Gasteiger partial charge in [0.1, 0.15) is 0 Å². The average molecular weight is 383 g/mol. The number of hydrogen-bond donors (Lipinski definition) is 0. The standard InChI is InChI=1S/C24H50OSi/c1-4-5-6-7-8-9-10-11-12-13-14-15-16-20-23-25-26(2,3)24-21-18-17-19-22-24/h24H,4-23H2,1-3H3. The van der Waals surface area contributed by atoms with Crippen LogP contribution in [0.25, 0.3) is 0 Å². The first-order chi connectivity index (χ1) is 12.7. The molecule has 1 nitrogen and oxygen atoms in total. The fraction of sp³-hybridized carbons (Fsp3) is 1.00. The maximum atomic E-state index is 6.41. The molecule has 0 amide bonds. The third-order valence-corrected chi connectivity index (χ3v) is 10.1. The maximum absolute atomic E-state index is 6.41. The van der Waals surface area contributed by atoms with Crippen molar-refractivity contribution in [2.75, 3.05) is 6.61 Å². The molecule has 0 aliphatic heterocycles. The van der Waals surface area contributed by atoms with Gasteiger partial charge >= 0.3 is 0 Å². The van der Waals surface area contributed by atoms with Crippen LogP contribution >= 0.6 is 0 Å². The third-order valence-electron chi connectivity index (χ3n) is 6.56. The maximum Gasteiger partial charge on any atom is 0.189 e. The molecular weight excluding hydrogens is 332 g/mol. The summed E-state index contributed by atoms with van der Waals surface area (Å²) in [5, 5.41) is 0. The zero-order valence-corrected chi connectivity index (χ0v) is 19.6. The normalized spacial score (nSPS) is 16.3. The fourth-order valence-electron chi connectivity index (χ4n) is 4.55. The first-order valence-electron chi connectivity index (χ1n) is 12.3. The third kappa shape index (κ3) is 12.5. The lowest BCUT2D eigenvalue weighted by Gasteiger charge is -2.34. The summed E-state index contributed by atoms with van der Waals surface area (Å²) in [6.07, 6.45) is 27.3. The molecule has 0 radical (unpaired) electrons. The van der Waals surface area contributed by atoms with Crippen molar-refractivity contribution in [3.05, 3.63) is 0 Å². The van der Waals surface area contributed by atoms with Crippen molar-refractivity contribution in [1.29, 1.82) is 0 Å². The monoisotopic (exact) mass is 382 g/mol. The molecule has 1 fully saturated rings. The van der Waals surface area contributed by atoms with Gasteiger partial charge in [-0.15, -0.1) is 0 Å². The van der Waals surface area contributed by atoms with Crippen molar-refractivity contribution in [3.8, 4) is 0 Å². The molecule has 1 saturated carbocycles. The zero-order chi connectivity index (χ0) is 18.9. The summed E-state index contributed by atoms with van der Waals surface area (Å²) < 4.78 is 6.41. The Morgan fingerprint density at radius 3 is 1.50 bits per heavy atom. The van der Waals surface area contributed by atoms with Crippen LogP contribution in [0.1, 0.15) is 129 Å². The summed E-state index contributed by atoms with van der Waals surface area (Å²) >= 11 is 0. The van der Waals surface area contributed by atoms with Crippen LogP contribution in [0.4, 0.5) is 0 Å². The lowest BCUT2D eigenvalue weighted by atomic mass is 10.0. The van der Waals surface area contributed by atoms with Crippen LogP contribution in [0.3, 0.4) is 0 Å². The molecule has 0 bridgehead atoms. The molecule has 0 aromatic carbocycles. The van der Waals surface area contributed by atoms with Crippen LogP contribution in [-0.4, -0.2) is 14.9 Å². The molecule has 2 heteroatoms. The van der Waals surface area contributed by atoms with Gasteiger partial charge in [-0.3, -0.25) is 0 Å². The Morgan fingerprint density at radius 1 is 0.615 bits per heavy atom. The van der Waals surface area contributed by atoms with E-state index < -0.39 is 8.32 Å². The molecule has 0 unspecified atom stereocenters. The summed E-state index contributed by atoms with van der Waals surface area (Å²) in [5.74, 6) is 0. The number of unbranched alkanes of at least 4 members (excludes halogenated alkanes) is 13. The number of rotatable bonds is 17. The van der Waals surface area contributed by atoms with E-state index in [1.807, 2.05) is 0 Å². The predicted octanol–water partition coefficient (Wildman–Crippen LogP) is 9.02. The lowest BCUT2D eigenvalue weighted by Crippen LogP contribution is -2.38. The molecule has 0 atom stereocenters. The van der Waals surface area contributed by atoms with Crippen molar-refractivity contribution in [2.45, 2.75) is 148 Å². The molecule has 156 valence electrons. The first-order valence-corrected chi connectivity index (χ1v) is 15.3. The van der Waals surface area contributed by atoms with Gasteiger partial charge in [-0.1, -0.05) is 122 Å². The van der Waals surface area contributed by atoms with Crippen molar-refractivity contribution < 1.29 is 4.43 Å². The Hall–Kier alpha value is 0.177. The Bertz CT molecular complexity index is 297. The molecule has 0 aromatic rings. The van der Waals surface area contributed by atoms with E-state index in [2.05, 4.69) is 20.0 Å². The van der Waals surface area contributed by atoms with Crippen molar-refractivity contribution in [2.24, 2.45) is 0 Å². The zero-order valence-electron chi connectivity index (χ0n) is 18.6. The Labute approximate surface area is 167 Å². The Kier molecular flexibility index (Phi) is 15.1. The van der Waals surface area contributed by atoms with E-state index in [0.29, 0.717) is 0 Å². The Morgan fingerprint density at radius 2 is 1.04 bits per heavy atom. The molecule has 1 rings (SSSR count). The quantitative estimate of drug-likeness (QED) is 0.180. The second-order valence-corrected chi connectivity index (χ2v) is 13.7. The highest BCUT2D eigenvalue weighted by molar-refractivity contribution is 6.72. The van der Waals surface area contributed by atoms with Gasteiger partial charge in [-0.25, -0.2) is 0 Å². The smallest absolute Gasteiger partial charge is 0.189 e. The van der Waals surface area contributed by atoms with Gasteiger partial charge in [-0.05, 0) is 25.1 Å². The van der Waals surface area contributed by atoms with Gasteiger partial charge in [-0.2, -0.15) is 0 Å². The van der Waals surface area contributed by atoms with E-state index in [4.69, 9.17) is 4.43 Å². The molecule has 1 aliphatic rings. The molecule has 0 heterocycles. The fourth-order valence-corrected chi connectivity index (χ4v) is 7.25. The highest BCUT2D eigenvalue weighted by Gasteiger charge is 2.34. The second-order valence-electron chi connectivity index (χ2n) is 9.38. The summed E-state index contributed by atoms with van der Waals surface area (Å²) in [6, 6.07) is 0. The predicted molar refractivity (Wildman–Crippen MR) is 121 cm³/mol. The van der Waals surface area contributed by atoms with Gasteiger partial charge in [0, 0.05) is 6.61 Å². The van der Waals surface area contributed by atoms with Gasteiger partial charge in [0.25, 0.3) is 0 Å². The van der Waals surface area contributed by atoms with Crippen molar-refractivity contribution >= 4 is 8.32 Å². The second kappa shape index (κ2) is 16.2. The van der Waals surface area contributed by atoms with Gasteiger partial charge in [0.05, 0.1) is 0 Å². The highest BCUT2D eigenvalue weighted by Crippen LogP contribution is 2.37. The highest BCUT2D eigenvalue weighted by atomic mass is 28.4. The van der Waals surface area contributed by atoms with Crippen LogP contribution in [0.15, 0.2) is 0 Å². The van der Waals surface area contributed by atoms with E-state index in [9.17, 15) is 0 Å². The Balaban J connectivity index is 1.80. The van der Waals surface area contributed by atoms with Gasteiger partial charge in [0.2, 0.25) is 0 Å². The molecule has 1 aliphatic carbocycles.